The van der Waals surface area contributed by atoms with Crippen molar-refractivity contribution in [3.63, 3.8) is 0 Å². The van der Waals surface area contributed by atoms with E-state index in [2.05, 4.69) is 45.9 Å². The topological polar surface area (TPSA) is 53.6 Å². The summed E-state index contributed by atoms with van der Waals surface area (Å²) in [6, 6.07) is 17.0. The maximum Gasteiger partial charge on any atom is 0.322 e. The van der Waals surface area contributed by atoms with Crippen LogP contribution >= 0.6 is 0 Å². The first kappa shape index (κ1) is 17.6. The van der Waals surface area contributed by atoms with Crippen LogP contribution in [0.2, 0.25) is 0 Å². The fourth-order valence-electron chi connectivity index (χ4n) is 5.18. The first-order valence-electron chi connectivity index (χ1n) is 10.4. The molecule has 2 aromatic carbocycles. The largest absolute Gasteiger partial charge is 0.492 e. The molecule has 5 heteroatoms. The van der Waals surface area contributed by atoms with Gasteiger partial charge in [-0.1, -0.05) is 36.8 Å². The van der Waals surface area contributed by atoms with Crippen molar-refractivity contribution in [1.82, 2.24) is 10.2 Å². The highest BCUT2D eigenvalue weighted by Crippen LogP contribution is 2.46. The van der Waals surface area contributed by atoms with Gasteiger partial charge in [0.1, 0.15) is 12.4 Å². The minimum absolute atomic E-state index is 0.0257. The van der Waals surface area contributed by atoms with Gasteiger partial charge in [0.05, 0.1) is 0 Å². The molecule has 2 heterocycles. The molecule has 3 unspecified atom stereocenters. The Morgan fingerprint density at radius 3 is 2.93 bits per heavy atom. The van der Waals surface area contributed by atoms with Crippen LogP contribution in [-0.4, -0.2) is 36.7 Å². The Morgan fingerprint density at radius 1 is 1.14 bits per heavy atom. The van der Waals surface area contributed by atoms with Gasteiger partial charge in [0.2, 0.25) is 0 Å². The van der Waals surface area contributed by atoms with Crippen molar-refractivity contribution in [1.29, 1.82) is 0 Å². The van der Waals surface area contributed by atoms with Crippen LogP contribution in [0.5, 0.6) is 5.75 Å². The molecule has 2 fully saturated rings. The molecule has 2 aromatic rings. The van der Waals surface area contributed by atoms with E-state index in [1.807, 2.05) is 18.2 Å². The molecule has 0 aromatic heterocycles. The molecule has 5 nitrogen and oxygen atoms in total. The molecule has 1 saturated carbocycles. The number of ether oxygens (including phenoxy) is 1. The molecule has 0 spiro atoms. The number of fused-ring (bicyclic) bond motifs is 2. The molecule has 0 bridgehead atoms. The highest BCUT2D eigenvalue weighted by Gasteiger charge is 2.46. The molecular weight excluding hydrogens is 350 g/mol. The quantitative estimate of drug-likeness (QED) is 0.833. The van der Waals surface area contributed by atoms with Crippen LogP contribution in [-0.2, 0) is 6.54 Å². The van der Waals surface area contributed by atoms with Gasteiger partial charge in [-0.25, -0.2) is 4.79 Å². The zero-order valence-corrected chi connectivity index (χ0v) is 16.1. The predicted octanol–water partition coefficient (Wildman–Crippen LogP) is 3.97. The lowest BCUT2D eigenvalue weighted by Gasteiger charge is -2.24. The van der Waals surface area contributed by atoms with E-state index in [0.717, 1.165) is 43.1 Å². The number of amides is 2. The van der Waals surface area contributed by atoms with Gasteiger partial charge in [0.25, 0.3) is 0 Å². The Kier molecular flexibility index (Phi) is 4.69. The summed E-state index contributed by atoms with van der Waals surface area (Å²) in [4.78, 5) is 15.2. The third-order valence-corrected chi connectivity index (χ3v) is 6.49. The second kappa shape index (κ2) is 7.47. The minimum Gasteiger partial charge on any atom is -0.492 e. The van der Waals surface area contributed by atoms with Gasteiger partial charge in [-0.3, -0.25) is 0 Å². The Balaban J connectivity index is 1.33. The molecule has 0 radical (unpaired) electrons. The van der Waals surface area contributed by atoms with E-state index < -0.39 is 0 Å². The molecule has 5 rings (SSSR count). The van der Waals surface area contributed by atoms with Gasteiger partial charge in [-0.05, 0) is 42.5 Å². The van der Waals surface area contributed by atoms with Crippen LogP contribution in [0.3, 0.4) is 0 Å². The zero-order chi connectivity index (χ0) is 18.9. The van der Waals surface area contributed by atoms with Crippen molar-refractivity contribution in [2.24, 2.45) is 5.92 Å². The van der Waals surface area contributed by atoms with E-state index in [1.165, 1.54) is 18.4 Å². The molecule has 3 atom stereocenters. The lowest BCUT2D eigenvalue weighted by Crippen LogP contribution is -2.39. The van der Waals surface area contributed by atoms with E-state index >= 15 is 0 Å². The third-order valence-electron chi connectivity index (χ3n) is 6.49. The number of hydrogen-bond acceptors (Lipinski definition) is 3. The fraction of sp³-hybridized carbons (Fsp3) is 0.435. The molecule has 1 saturated heterocycles. The SMILES string of the molecule is O=C(Nc1ccc2c(c1)CNCCO2)N1CC(c2ccccc2)C2CCCC21. The lowest BCUT2D eigenvalue weighted by molar-refractivity contribution is 0.203. The number of nitrogens with one attached hydrogen (secondary N) is 2. The summed E-state index contributed by atoms with van der Waals surface area (Å²) < 4.78 is 5.74. The van der Waals surface area contributed by atoms with Crippen molar-refractivity contribution in [2.75, 3.05) is 25.0 Å². The van der Waals surface area contributed by atoms with Crippen LogP contribution in [0.25, 0.3) is 0 Å². The van der Waals surface area contributed by atoms with Crippen LogP contribution in [0.15, 0.2) is 48.5 Å². The number of anilines is 1. The van der Waals surface area contributed by atoms with Crippen LogP contribution in [0.4, 0.5) is 10.5 Å². The molecule has 1 aliphatic carbocycles. The summed E-state index contributed by atoms with van der Waals surface area (Å²) in [6.45, 7) is 3.09. The Labute approximate surface area is 166 Å². The van der Waals surface area contributed by atoms with Gasteiger partial charge >= 0.3 is 6.03 Å². The summed E-state index contributed by atoms with van der Waals surface area (Å²) in [5.41, 5.74) is 3.30. The molecule has 2 N–H and O–H groups in total. The smallest absolute Gasteiger partial charge is 0.322 e. The van der Waals surface area contributed by atoms with Crippen LogP contribution < -0.4 is 15.4 Å². The van der Waals surface area contributed by atoms with Crippen molar-refractivity contribution >= 4 is 11.7 Å². The average Bonchev–Trinajstić information content (AvgIpc) is 3.25. The summed E-state index contributed by atoms with van der Waals surface area (Å²) in [6.07, 6.45) is 3.55. The first-order valence-corrected chi connectivity index (χ1v) is 10.4. The van der Waals surface area contributed by atoms with E-state index in [9.17, 15) is 4.79 Å². The summed E-state index contributed by atoms with van der Waals surface area (Å²) in [5, 5.41) is 6.49. The fourth-order valence-corrected chi connectivity index (χ4v) is 5.18. The molecule has 146 valence electrons. The Bertz CT molecular complexity index is 854. The minimum atomic E-state index is 0.0257. The number of carbonyl (C=O) groups excluding carboxylic acids is 1. The van der Waals surface area contributed by atoms with Crippen molar-refractivity contribution in [2.45, 2.75) is 37.8 Å². The van der Waals surface area contributed by atoms with Gasteiger partial charge < -0.3 is 20.3 Å². The van der Waals surface area contributed by atoms with Gasteiger partial charge in [0.15, 0.2) is 0 Å². The van der Waals surface area contributed by atoms with Crippen molar-refractivity contribution < 1.29 is 9.53 Å². The number of rotatable bonds is 2. The number of nitrogens with zero attached hydrogens (tertiary/aromatic N) is 1. The molecule has 2 aliphatic heterocycles. The van der Waals surface area contributed by atoms with Gasteiger partial charge in [-0.15, -0.1) is 0 Å². The average molecular weight is 377 g/mol. The maximum atomic E-state index is 13.1. The standard InChI is InChI=1S/C23H27N3O2/c27-23(25-18-9-10-22-17(13-18)14-24-11-12-28-22)26-15-20(16-5-2-1-3-6-16)19-7-4-8-21(19)26/h1-3,5-6,9-10,13,19-21,24H,4,7-8,11-12,14-15H2,(H,25,27). The van der Waals surface area contributed by atoms with Gasteiger partial charge in [0, 0.05) is 42.8 Å². The second-order valence-electron chi connectivity index (χ2n) is 8.11. The number of benzene rings is 2. The summed E-state index contributed by atoms with van der Waals surface area (Å²) >= 11 is 0. The normalized spacial score (nSPS) is 26.1. The highest BCUT2D eigenvalue weighted by molar-refractivity contribution is 5.90. The van der Waals surface area contributed by atoms with Crippen molar-refractivity contribution in [3.8, 4) is 5.75 Å². The van der Waals surface area contributed by atoms with E-state index in [-0.39, 0.29) is 6.03 Å². The molecule has 3 aliphatic rings. The molecular formula is C23H27N3O2. The number of carbonyl (C=O) groups is 1. The summed E-state index contributed by atoms with van der Waals surface area (Å²) in [7, 11) is 0. The number of urea groups is 1. The number of likely N-dealkylation sites (tertiary alicyclic amines) is 1. The second-order valence-corrected chi connectivity index (χ2v) is 8.11. The Hall–Kier alpha value is -2.53. The van der Waals surface area contributed by atoms with Gasteiger partial charge in [-0.2, -0.15) is 0 Å². The first-order chi connectivity index (χ1) is 13.8. The van der Waals surface area contributed by atoms with E-state index in [4.69, 9.17) is 4.74 Å². The van der Waals surface area contributed by atoms with Crippen LogP contribution in [0, 0.1) is 5.92 Å². The molecule has 2 amide bonds. The zero-order valence-electron chi connectivity index (χ0n) is 16.1. The number of hydrogen-bond donors (Lipinski definition) is 2. The predicted molar refractivity (Wildman–Crippen MR) is 110 cm³/mol. The van der Waals surface area contributed by atoms with Crippen LogP contribution in [0.1, 0.15) is 36.3 Å². The third kappa shape index (κ3) is 3.24. The highest BCUT2D eigenvalue weighted by atomic mass is 16.5. The van der Waals surface area contributed by atoms with Crippen molar-refractivity contribution in [3.05, 3.63) is 59.7 Å². The summed E-state index contributed by atoms with van der Waals surface area (Å²) in [5.74, 6) is 1.94. The van der Waals surface area contributed by atoms with E-state index in [0.29, 0.717) is 24.5 Å². The maximum absolute atomic E-state index is 13.1. The van der Waals surface area contributed by atoms with E-state index in [1.54, 1.807) is 0 Å². The monoisotopic (exact) mass is 377 g/mol. The lowest BCUT2D eigenvalue weighted by atomic mass is 9.87. The Morgan fingerprint density at radius 2 is 2.04 bits per heavy atom. The molecule has 28 heavy (non-hydrogen) atoms.